The summed E-state index contributed by atoms with van der Waals surface area (Å²) in [6.07, 6.45) is -19.2. The molecule has 0 radical (unpaired) electrons. The Balaban J connectivity index is 1.06. The van der Waals surface area contributed by atoms with E-state index in [1.807, 2.05) is 5.38 Å². The molecular formula is C37H55N7O18S2. The topological polar surface area (TPSA) is 397 Å². The number of aliphatic carboxylic acids is 1. The predicted octanol–water partition coefficient (Wildman–Crippen LogP) is -6.71. The van der Waals surface area contributed by atoms with Gasteiger partial charge >= 0.3 is 12.1 Å². The Morgan fingerprint density at radius 1 is 1.03 bits per heavy atom. The zero-order valence-electron chi connectivity index (χ0n) is 34.5. The fourth-order valence-corrected chi connectivity index (χ4v) is 10.2. The average Bonchev–Trinajstić information content (AvgIpc) is 3.77. The minimum atomic E-state index is -1.96. The van der Waals surface area contributed by atoms with Gasteiger partial charge in [0.25, 0.3) is 11.8 Å². The van der Waals surface area contributed by atoms with Crippen molar-refractivity contribution in [1.29, 1.82) is 0 Å². The van der Waals surface area contributed by atoms with Gasteiger partial charge in [0.15, 0.2) is 12.6 Å². The van der Waals surface area contributed by atoms with Gasteiger partial charge in [-0.2, -0.15) is 0 Å². The Hall–Kier alpha value is -3.62. The first kappa shape index (κ1) is 49.8. The van der Waals surface area contributed by atoms with E-state index in [9.17, 15) is 64.8 Å². The number of likely N-dealkylation sites (N-methyl/N-ethyl adjacent to an activating group) is 1. The fourth-order valence-electron chi connectivity index (χ4n) is 8.18. The van der Waals surface area contributed by atoms with Gasteiger partial charge in [-0.1, -0.05) is 6.07 Å². The van der Waals surface area contributed by atoms with Crippen LogP contribution < -0.4 is 32.7 Å². The summed E-state index contributed by atoms with van der Waals surface area (Å²) < 4.78 is 28.2. The molecule has 4 aliphatic heterocycles. The van der Waals surface area contributed by atoms with E-state index >= 15 is 0 Å². The van der Waals surface area contributed by atoms with Gasteiger partial charge in [-0.15, -0.1) is 23.1 Å². The molecule has 1 saturated carbocycles. The maximum Gasteiger partial charge on any atom is 0.407 e. The Kier molecular flexibility index (Phi) is 16.3. The van der Waals surface area contributed by atoms with Gasteiger partial charge in [0, 0.05) is 28.8 Å². The Morgan fingerprint density at radius 2 is 1.75 bits per heavy atom. The minimum absolute atomic E-state index is 0.0294. The molecule has 6 rings (SSSR count). The van der Waals surface area contributed by atoms with E-state index in [-0.39, 0.29) is 37.3 Å². The highest BCUT2D eigenvalue weighted by molar-refractivity contribution is 8.00. The fraction of sp³-hybridized carbons (Fsp3) is 0.703. The molecule has 1 aromatic rings. The van der Waals surface area contributed by atoms with E-state index in [2.05, 4.69) is 21.3 Å². The molecule has 0 aromatic carbocycles. The molecule has 5 heterocycles. The lowest BCUT2D eigenvalue weighted by atomic mass is 9.83. The van der Waals surface area contributed by atoms with Crippen LogP contribution in [-0.2, 0) is 49.3 Å². The highest BCUT2D eigenvalue weighted by atomic mass is 32.2. The lowest BCUT2D eigenvalue weighted by Gasteiger charge is -2.49. The van der Waals surface area contributed by atoms with Crippen LogP contribution in [0.15, 0.2) is 28.8 Å². The molecule has 17 atom stereocenters. The van der Waals surface area contributed by atoms with Crippen LogP contribution in [0.25, 0.3) is 0 Å². The van der Waals surface area contributed by atoms with Crippen LogP contribution in [0.3, 0.4) is 0 Å². The molecule has 0 spiro atoms. The number of nitrogens with zero attached hydrogens (tertiary/aromatic N) is 1. The Morgan fingerprint density at radius 3 is 2.41 bits per heavy atom. The third kappa shape index (κ3) is 10.6. The third-order valence-electron chi connectivity index (χ3n) is 11.6. The number of carbonyl (C=O) groups excluding carboxylic acids is 4. The number of hydrogen-bond donors (Lipinski definition) is 14. The first-order valence-electron chi connectivity index (χ1n) is 20.2. The molecule has 358 valence electrons. The second-order valence-corrected chi connectivity index (χ2v) is 18.3. The van der Waals surface area contributed by atoms with Crippen LogP contribution in [0, 0.1) is 0 Å². The lowest BCUT2D eigenvalue weighted by Crippen LogP contribution is -2.70. The summed E-state index contributed by atoms with van der Waals surface area (Å²) in [6.45, 7) is -0.533. The van der Waals surface area contributed by atoms with Gasteiger partial charge in [0.1, 0.15) is 84.3 Å². The van der Waals surface area contributed by atoms with E-state index in [4.69, 9.17) is 35.2 Å². The normalized spacial score (nSPS) is 38.1. The van der Waals surface area contributed by atoms with E-state index in [1.165, 1.54) is 25.3 Å². The van der Waals surface area contributed by atoms with Crippen LogP contribution in [-0.4, -0.2) is 217 Å². The molecule has 1 aromatic heterocycles. The van der Waals surface area contributed by atoms with Crippen molar-refractivity contribution in [3.63, 3.8) is 0 Å². The summed E-state index contributed by atoms with van der Waals surface area (Å²) >= 11 is 2.54. The van der Waals surface area contributed by atoms with Gasteiger partial charge in [-0.3, -0.25) is 19.3 Å². The summed E-state index contributed by atoms with van der Waals surface area (Å²) in [5.41, 5.74) is 10.2. The number of amides is 4. The number of ether oxygens (including phenoxy) is 5. The predicted molar refractivity (Wildman–Crippen MR) is 218 cm³/mol. The molecule has 0 unspecified atom stereocenters. The minimum Gasteiger partial charge on any atom is -0.477 e. The van der Waals surface area contributed by atoms with E-state index in [0.29, 0.717) is 0 Å². The van der Waals surface area contributed by atoms with Crippen molar-refractivity contribution in [1.82, 2.24) is 26.2 Å². The van der Waals surface area contributed by atoms with Gasteiger partial charge in [-0.05, 0) is 31.8 Å². The maximum absolute atomic E-state index is 13.4. The molecule has 25 nitrogen and oxygen atoms in total. The van der Waals surface area contributed by atoms with Crippen molar-refractivity contribution < 1.29 is 88.5 Å². The van der Waals surface area contributed by atoms with Gasteiger partial charge in [0.05, 0.1) is 31.7 Å². The summed E-state index contributed by atoms with van der Waals surface area (Å²) in [5.74, 6) is -3.59. The van der Waals surface area contributed by atoms with Gasteiger partial charge in [0.2, 0.25) is 5.91 Å². The number of aliphatic hydroxyl groups is 7. The highest BCUT2D eigenvalue weighted by Crippen LogP contribution is 2.40. The van der Waals surface area contributed by atoms with Crippen molar-refractivity contribution in [2.45, 2.75) is 122 Å². The van der Waals surface area contributed by atoms with E-state index in [0.717, 1.165) is 21.5 Å². The summed E-state index contributed by atoms with van der Waals surface area (Å²) in [4.78, 5) is 65.7. The largest absolute Gasteiger partial charge is 0.477 e. The number of β-lactam (4-membered cyclic amide) rings is 1. The molecular weight excluding hydrogens is 895 g/mol. The number of carboxylic acids is 1. The molecule has 16 N–H and O–H groups in total. The SMILES string of the molecule is CN[C@@H]1[C@@H](O)[C@@H](O[C@@H]2[C@@H](O)[C@H](O[C@H]3O[C@H](CN)[C@@H](O)[C@H](O)[C@H]3O)[C@@H](N)C[C@H]2NC(=O)[C@@H](O)CNC(=O)OCC2=C(C(=O)O)N3C(=O)[C@@H](NC(=O)Cc4cccs4)[C@H]3SC2)OC[C@]1(C)O. The Bertz CT molecular complexity index is 1880. The van der Waals surface area contributed by atoms with Gasteiger partial charge in [-0.25, -0.2) is 9.59 Å². The molecule has 1 aliphatic carbocycles. The highest BCUT2D eigenvalue weighted by Gasteiger charge is 2.55. The number of nitrogens with one attached hydrogen (secondary N) is 4. The number of carbonyl (C=O) groups is 5. The van der Waals surface area contributed by atoms with Crippen LogP contribution in [0.2, 0.25) is 0 Å². The molecule has 4 fully saturated rings. The molecule has 3 saturated heterocycles. The molecule has 4 amide bonds. The number of thiophene rings is 1. The summed E-state index contributed by atoms with van der Waals surface area (Å²) in [7, 11) is 1.48. The van der Waals surface area contributed by atoms with Crippen molar-refractivity contribution in [2.75, 3.05) is 39.1 Å². The third-order valence-corrected chi connectivity index (χ3v) is 13.8. The van der Waals surface area contributed by atoms with Crippen LogP contribution in [0.5, 0.6) is 0 Å². The average molecular weight is 950 g/mol. The summed E-state index contributed by atoms with van der Waals surface area (Å²) in [6, 6.07) is -0.832. The molecule has 5 aliphatic rings. The quantitative estimate of drug-likeness (QED) is 0.0685. The van der Waals surface area contributed by atoms with Crippen molar-refractivity contribution in [2.24, 2.45) is 11.5 Å². The molecule has 27 heteroatoms. The monoisotopic (exact) mass is 949 g/mol. The van der Waals surface area contributed by atoms with Crippen LogP contribution >= 0.6 is 23.1 Å². The maximum atomic E-state index is 13.4. The van der Waals surface area contributed by atoms with E-state index < -0.39 is 151 Å². The van der Waals surface area contributed by atoms with Crippen molar-refractivity contribution in [3.05, 3.63) is 33.7 Å². The van der Waals surface area contributed by atoms with Crippen LogP contribution in [0.1, 0.15) is 18.2 Å². The first-order chi connectivity index (χ1) is 30.3. The number of thioether (sulfide) groups is 1. The summed E-state index contributed by atoms with van der Waals surface area (Å²) in [5, 5.41) is 96.7. The number of alkyl carbamates (subject to hydrolysis) is 1. The molecule has 64 heavy (non-hydrogen) atoms. The number of rotatable bonds is 16. The number of nitrogens with two attached hydrogens (primary N) is 2. The second kappa shape index (κ2) is 20.9. The van der Waals surface area contributed by atoms with Crippen LogP contribution in [0.4, 0.5) is 4.79 Å². The van der Waals surface area contributed by atoms with Crippen molar-refractivity contribution >= 4 is 52.9 Å². The van der Waals surface area contributed by atoms with Gasteiger partial charge < -0.3 is 97.3 Å². The van der Waals surface area contributed by atoms with Crippen molar-refractivity contribution in [3.8, 4) is 0 Å². The smallest absolute Gasteiger partial charge is 0.407 e. The number of fused-ring (bicyclic) bond motifs is 1. The first-order valence-corrected chi connectivity index (χ1v) is 22.1. The number of carboxylic acid groups (broad SMARTS) is 1. The zero-order chi connectivity index (χ0) is 46.8. The van der Waals surface area contributed by atoms with E-state index in [1.54, 1.807) is 12.1 Å². The zero-order valence-corrected chi connectivity index (χ0v) is 36.1. The molecule has 0 bridgehead atoms. The standard InChI is InChI=1S/C37H55N7O18S2/c1-37(57)12-59-34(26(51)29(37)40-2)62-28-16(7-15(39)27(25(28)50)61-35-24(49)23(48)22(47)18(8-38)60-35)42-30(52)17(45)9-41-36(56)58-10-13-11-64-32-20(31(53)44(32)21(13)33(54)55)43-19(46)6-14-4-3-5-63-14/h3-5,15-18,20,22-29,32,34-35,40,45,47-51,57H,6-12,38-39H2,1-2H3,(H,41,56)(H,42,52)(H,43,46)(H,54,55)/t15-,16+,17-,18+,20+,22+,23-,24+,25-,26+,27+,28-,29+,32+,34+,35+,37-/m0/s1. The Labute approximate surface area is 373 Å². The number of aliphatic hydroxyl groups excluding tert-OH is 6. The lowest BCUT2D eigenvalue weighted by molar-refractivity contribution is -0.330. The second-order valence-electron chi connectivity index (χ2n) is 16.2. The number of hydrogen-bond acceptors (Lipinski definition) is 22.